The van der Waals surface area contributed by atoms with Crippen molar-refractivity contribution >= 4 is 37.9 Å². The lowest BCUT2D eigenvalue weighted by molar-refractivity contribution is -0.145. The molecule has 0 radical (unpaired) electrons. The van der Waals surface area contributed by atoms with E-state index in [1.165, 1.54) is 42.6 Å². The summed E-state index contributed by atoms with van der Waals surface area (Å²) in [5.41, 5.74) is 3.70. The topological polar surface area (TPSA) is 178 Å². The maximum Gasteiger partial charge on any atom is 0.330 e. The van der Waals surface area contributed by atoms with Crippen molar-refractivity contribution in [3.63, 3.8) is 0 Å². The molecule has 2 heterocycles. The van der Waals surface area contributed by atoms with Gasteiger partial charge in [0.25, 0.3) is 5.56 Å². The summed E-state index contributed by atoms with van der Waals surface area (Å²) in [7, 11) is 1.23. The number of nitrogens with one attached hydrogen (secondary N) is 1. The number of esters is 2. The van der Waals surface area contributed by atoms with Crippen LogP contribution >= 0.6 is 20.8 Å². The molecule has 1 aliphatic heterocycles. The Balaban J connectivity index is 0.000000920. The van der Waals surface area contributed by atoms with Gasteiger partial charge in [0, 0.05) is 30.4 Å². The van der Waals surface area contributed by atoms with Gasteiger partial charge in [-0.05, 0) is 26.7 Å². The van der Waals surface area contributed by atoms with Crippen LogP contribution in [0.25, 0.3) is 0 Å². The van der Waals surface area contributed by atoms with Crippen molar-refractivity contribution in [2.75, 3.05) is 32.6 Å². The van der Waals surface area contributed by atoms with E-state index in [2.05, 4.69) is 14.5 Å². The van der Waals surface area contributed by atoms with Gasteiger partial charge < -0.3 is 29.0 Å². The number of ether oxygens (including phenoxy) is 3. The third kappa shape index (κ3) is 18.0. The van der Waals surface area contributed by atoms with Crippen molar-refractivity contribution in [2.45, 2.75) is 72.8 Å². The van der Waals surface area contributed by atoms with E-state index >= 15 is 0 Å². The highest BCUT2D eigenvalue weighted by Crippen LogP contribution is 2.29. The van der Waals surface area contributed by atoms with Crippen LogP contribution in [0.3, 0.4) is 0 Å². The number of thioether (sulfide) groups is 1. The molecule has 0 aliphatic carbocycles. The van der Waals surface area contributed by atoms with Crippen LogP contribution in [0.15, 0.2) is 21.9 Å². The van der Waals surface area contributed by atoms with Crippen LogP contribution in [-0.4, -0.2) is 71.4 Å². The molecule has 3 atom stereocenters. The Kier molecular flexibility index (Phi) is 18.8. The first kappa shape index (κ1) is 36.9. The second kappa shape index (κ2) is 19.9. The zero-order valence-electron chi connectivity index (χ0n) is 23.6. The van der Waals surface area contributed by atoms with Crippen LogP contribution in [0.2, 0.25) is 0 Å². The van der Waals surface area contributed by atoms with E-state index in [9.17, 15) is 24.0 Å². The van der Waals surface area contributed by atoms with Crippen LogP contribution in [-0.2, 0) is 37.6 Å². The lowest BCUT2D eigenvalue weighted by Gasteiger charge is -2.16. The zero-order valence-corrected chi connectivity index (χ0v) is 25.5. The Morgan fingerprint density at radius 3 is 2.36 bits per heavy atom. The second-order valence-corrected chi connectivity index (χ2v) is 11.2. The number of nitrogens with zero attached hydrogens (tertiary/aromatic N) is 1. The van der Waals surface area contributed by atoms with Gasteiger partial charge in [-0.3, -0.25) is 28.7 Å². The Bertz CT molecular complexity index is 993. The number of aromatic amines is 1. The van der Waals surface area contributed by atoms with Gasteiger partial charge in [-0.15, -0.1) is 0 Å². The summed E-state index contributed by atoms with van der Waals surface area (Å²) in [5, 5.41) is 0.147. The fourth-order valence-corrected chi connectivity index (χ4v) is 4.04. The van der Waals surface area contributed by atoms with Gasteiger partial charge in [-0.25, -0.2) is 4.79 Å². The van der Waals surface area contributed by atoms with Crippen LogP contribution in [0.5, 0.6) is 0 Å². The molecule has 2 rings (SSSR count). The van der Waals surface area contributed by atoms with E-state index in [1.807, 2.05) is 20.8 Å². The normalized spacial score (nSPS) is 16.7. The number of H-pyrrole nitrogens is 1. The maximum absolute atomic E-state index is 11.8. The highest BCUT2D eigenvalue weighted by atomic mass is 32.2. The highest BCUT2D eigenvalue weighted by molar-refractivity contribution is 8.13. The summed E-state index contributed by atoms with van der Waals surface area (Å²) in [6, 6.07) is 1.30. The first-order chi connectivity index (χ1) is 18.2. The molecule has 0 aromatic carbocycles. The largest absolute Gasteiger partial charge is 0.469 e. The minimum atomic E-state index is -0.475. The zero-order chi connectivity index (χ0) is 30.0. The standard InChI is InChI=1S/C16H25N2O6PS.C5H11NO2.C3H6O2/c1-16(2,3)14(20)26-9-8-22-25-23-10-11-4-5-13(24-11)18-7-6-12(19)17-15(18)21;1-4(2)8-5(7)3-6;1-3(4)5-2/h6-7,11,13,25H,4-5,8-10H2,1-3H3,(H,17,19,21);4H,3,6H2,1-2H3;1-2H3. The van der Waals surface area contributed by atoms with Gasteiger partial charge >= 0.3 is 17.6 Å². The number of nitrogens with two attached hydrogens (primary N) is 1. The van der Waals surface area contributed by atoms with Crippen LogP contribution in [0.4, 0.5) is 0 Å². The second-order valence-electron chi connectivity index (χ2n) is 9.37. The fourth-order valence-electron chi connectivity index (χ4n) is 2.58. The molecule has 3 unspecified atom stereocenters. The van der Waals surface area contributed by atoms with Gasteiger partial charge in [0.05, 0.1) is 39.1 Å². The van der Waals surface area contributed by atoms with Crippen LogP contribution in [0, 0.1) is 5.41 Å². The van der Waals surface area contributed by atoms with E-state index in [1.54, 1.807) is 13.8 Å². The lowest BCUT2D eigenvalue weighted by atomic mass is 10.00. The number of methoxy groups -OCH3 is 1. The first-order valence-corrected chi connectivity index (χ1v) is 14.1. The average molecular weight is 596 g/mol. The third-order valence-electron chi connectivity index (χ3n) is 4.49. The predicted octanol–water partition coefficient (Wildman–Crippen LogP) is 2.14. The molecule has 224 valence electrons. The number of rotatable bonds is 10. The molecule has 13 nitrogen and oxygen atoms in total. The smallest absolute Gasteiger partial charge is 0.330 e. The minimum Gasteiger partial charge on any atom is -0.469 e. The molecule has 0 spiro atoms. The first-order valence-electron chi connectivity index (χ1n) is 12.3. The van der Waals surface area contributed by atoms with Gasteiger partial charge in [0.1, 0.15) is 6.23 Å². The van der Waals surface area contributed by atoms with Crippen molar-refractivity contribution in [1.82, 2.24) is 9.55 Å². The van der Waals surface area contributed by atoms with Crippen LogP contribution in [0.1, 0.15) is 60.6 Å². The number of hydrogen-bond acceptors (Lipinski definition) is 12. The Hall–Kier alpha value is -2.09. The summed E-state index contributed by atoms with van der Waals surface area (Å²) in [6.45, 7) is 11.4. The van der Waals surface area contributed by atoms with E-state index < -0.39 is 17.5 Å². The van der Waals surface area contributed by atoms with Crippen LogP contribution < -0.4 is 17.0 Å². The summed E-state index contributed by atoms with van der Waals surface area (Å²) >= 11 is 1.27. The average Bonchev–Trinajstić information content (AvgIpc) is 3.31. The molecular weight excluding hydrogens is 553 g/mol. The lowest BCUT2D eigenvalue weighted by Crippen LogP contribution is -2.31. The molecule has 3 N–H and O–H groups in total. The Morgan fingerprint density at radius 1 is 1.23 bits per heavy atom. The SMILES string of the molecule is CC(C)(C)C(=O)SCCOPOCC1CCC(n2ccc(=O)[nH]c2=O)O1.CC(C)OC(=O)CN.COC(C)=O. The molecule has 1 saturated heterocycles. The summed E-state index contributed by atoms with van der Waals surface area (Å²) < 4.78 is 26.8. The molecule has 1 aromatic heterocycles. The van der Waals surface area contributed by atoms with E-state index in [-0.39, 0.29) is 50.3 Å². The molecule has 1 fully saturated rings. The third-order valence-corrected chi connectivity index (χ3v) is 6.34. The Labute approximate surface area is 234 Å². The van der Waals surface area contributed by atoms with Gasteiger partial charge in [-0.1, -0.05) is 32.5 Å². The number of hydrogen-bond donors (Lipinski definition) is 2. The molecule has 39 heavy (non-hydrogen) atoms. The maximum atomic E-state index is 11.8. The van der Waals surface area contributed by atoms with Crippen molar-refractivity contribution in [3.05, 3.63) is 33.1 Å². The predicted molar refractivity (Wildman–Crippen MR) is 150 cm³/mol. The molecule has 15 heteroatoms. The Morgan fingerprint density at radius 2 is 1.87 bits per heavy atom. The molecular formula is C24H42N3O10PS. The van der Waals surface area contributed by atoms with E-state index in [0.29, 0.717) is 25.4 Å². The number of aromatic nitrogens is 2. The van der Waals surface area contributed by atoms with E-state index in [0.717, 1.165) is 6.42 Å². The number of carbonyl (C=O) groups excluding carboxylic acids is 3. The van der Waals surface area contributed by atoms with Crippen molar-refractivity contribution < 1.29 is 37.6 Å². The summed E-state index contributed by atoms with van der Waals surface area (Å²) in [5.74, 6) is 0.00819. The summed E-state index contributed by atoms with van der Waals surface area (Å²) in [6.07, 6.45) is 2.32. The van der Waals surface area contributed by atoms with Gasteiger partial charge in [0.15, 0.2) is 14.1 Å². The highest BCUT2D eigenvalue weighted by Gasteiger charge is 2.27. The van der Waals surface area contributed by atoms with Crippen molar-refractivity contribution in [1.29, 1.82) is 0 Å². The van der Waals surface area contributed by atoms with Crippen molar-refractivity contribution in [2.24, 2.45) is 11.1 Å². The molecule has 1 aliphatic rings. The van der Waals surface area contributed by atoms with Gasteiger partial charge in [0.2, 0.25) is 0 Å². The molecule has 0 bridgehead atoms. The summed E-state index contributed by atoms with van der Waals surface area (Å²) in [4.78, 5) is 56.7. The van der Waals surface area contributed by atoms with Gasteiger partial charge in [-0.2, -0.15) is 0 Å². The fraction of sp³-hybridized carbons (Fsp3) is 0.708. The molecule has 1 aromatic rings. The number of carbonyl (C=O) groups is 3. The molecule has 0 saturated carbocycles. The van der Waals surface area contributed by atoms with Crippen molar-refractivity contribution in [3.8, 4) is 0 Å². The quantitative estimate of drug-likeness (QED) is 0.229. The van der Waals surface area contributed by atoms with E-state index in [4.69, 9.17) is 19.5 Å². The molecule has 0 amide bonds. The monoisotopic (exact) mass is 595 g/mol. The minimum absolute atomic E-state index is 0.0296.